The summed E-state index contributed by atoms with van der Waals surface area (Å²) in [6.45, 7) is 7.75. The maximum absolute atomic E-state index is 13.3. The molecule has 5 nitrogen and oxygen atoms in total. The average molecular weight is 346 g/mol. The highest BCUT2D eigenvalue weighted by atomic mass is 16.5. The van der Waals surface area contributed by atoms with Crippen LogP contribution in [-0.2, 0) is 16.0 Å². The van der Waals surface area contributed by atoms with Crippen molar-refractivity contribution in [3.8, 4) is 0 Å². The van der Waals surface area contributed by atoms with Gasteiger partial charge in [-0.1, -0.05) is 31.2 Å². The average Bonchev–Trinajstić information content (AvgIpc) is 3.03. The molecule has 0 bridgehead atoms. The second-order valence-corrected chi connectivity index (χ2v) is 7.94. The molecule has 1 heterocycles. The molecule has 138 valence electrons. The molecule has 0 saturated carbocycles. The van der Waals surface area contributed by atoms with Crippen molar-refractivity contribution in [3.63, 3.8) is 0 Å². The molecule has 3 rings (SSSR count). The van der Waals surface area contributed by atoms with Gasteiger partial charge in [0.05, 0.1) is 18.2 Å². The van der Waals surface area contributed by atoms with E-state index in [1.807, 2.05) is 51.8 Å². The number of benzene rings is 1. The summed E-state index contributed by atoms with van der Waals surface area (Å²) >= 11 is 0. The van der Waals surface area contributed by atoms with Crippen molar-refractivity contribution in [3.05, 3.63) is 35.4 Å². The Hall–Kier alpha value is -1.43. The number of aliphatic hydroxyl groups is 1. The molecular formula is C20H30N2O3. The number of fused-ring (bicyclic) bond motifs is 3. The van der Waals surface area contributed by atoms with Gasteiger partial charge in [-0.3, -0.25) is 4.79 Å². The molecule has 5 unspecified atom stereocenters. The number of nitrogens with one attached hydrogen (secondary N) is 1. The summed E-state index contributed by atoms with van der Waals surface area (Å²) in [4.78, 5) is 15.2. The lowest BCUT2D eigenvalue weighted by Crippen LogP contribution is -2.48. The third-order valence-corrected chi connectivity index (χ3v) is 5.73. The Bertz CT molecular complexity index is 646. The third-order valence-electron chi connectivity index (χ3n) is 5.73. The van der Waals surface area contributed by atoms with Crippen LogP contribution in [0.3, 0.4) is 0 Å². The van der Waals surface area contributed by atoms with Gasteiger partial charge in [-0.15, -0.1) is 0 Å². The van der Waals surface area contributed by atoms with E-state index in [4.69, 9.17) is 4.74 Å². The minimum atomic E-state index is -0.631. The van der Waals surface area contributed by atoms with Crippen LogP contribution in [0.1, 0.15) is 51.3 Å². The number of rotatable bonds is 5. The number of carbonyl (C=O) groups excluding carboxylic acids is 1. The van der Waals surface area contributed by atoms with E-state index in [1.165, 1.54) is 11.1 Å². The molecule has 5 heteroatoms. The van der Waals surface area contributed by atoms with Crippen LogP contribution in [0.4, 0.5) is 0 Å². The van der Waals surface area contributed by atoms with Crippen LogP contribution in [0.2, 0.25) is 0 Å². The van der Waals surface area contributed by atoms with Gasteiger partial charge in [0.1, 0.15) is 5.72 Å². The van der Waals surface area contributed by atoms with Crippen molar-refractivity contribution in [2.45, 2.75) is 70.6 Å². The fourth-order valence-electron chi connectivity index (χ4n) is 4.21. The summed E-state index contributed by atoms with van der Waals surface area (Å²) in [7, 11) is 1.82. The summed E-state index contributed by atoms with van der Waals surface area (Å²) in [6, 6.07) is 8.21. The first-order chi connectivity index (χ1) is 11.8. The van der Waals surface area contributed by atoms with Gasteiger partial charge in [0.15, 0.2) is 0 Å². The minimum absolute atomic E-state index is 0.0182. The van der Waals surface area contributed by atoms with Crippen LogP contribution in [0, 0.1) is 5.92 Å². The maximum Gasteiger partial charge on any atom is 0.228 e. The Morgan fingerprint density at radius 1 is 1.40 bits per heavy atom. The number of nitrogens with zero attached hydrogens (tertiary/aromatic N) is 1. The lowest BCUT2D eigenvalue weighted by atomic mass is 9.96. The number of aliphatic hydroxyl groups excluding tert-OH is 1. The van der Waals surface area contributed by atoms with Crippen LogP contribution in [-0.4, -0.2) is 46.9 Å². The fraction of sp³-hybridized carbons (Fsp3) is 0.650. The smallest absolute Gasteiger partial charge is 0.228 e. The van der Waals surface area contributed by atoms with E-state index in [-0.39, 0.29) is 30.0 Å². The molecule has 2 N–H and O–H groups in total. The van der Waals surface area contributed by atoms with Gasteiger partial charge >= 0.3 is 0 Å². The van der Waals surface area contributed by atoms with E-state index in [1.54, 1.807) is 0 Å². The zero-order chi connectivity index (χ0) is 18.4. The molecule has 1 amide bonds. The lowest BCUT2D eigenvalue weighted by Gasteiger charge is -2.36. The second kappa shape index (κ2) is 6.71. The van der Waals surface area contributed by atoms with Crippen molar-refractivity contribution < 1.29 is 14.6 Å². The number of ether oxygens (including phenoxy) is 1. The summed E-state index contributed by atoms with van der Waals surface area (Å²) < 4.78 is 6.24. The summed E-state index contributed by atoms with van der Waals surface area (Å²) in [6.07, 6.45) is 0.751. The molecule has 0 spiro atoms. The molecule has 1 aromatic carbocycles. The van der Waals surface area contributed by atoms with E-state index < -0.39 is 11.8 Å². The number of carbonyl (C=O) groups is 1. The van der Waals surface area contributed by atoms with Crippen LogP contribution in [0.5, 0.6) is 0 Å². The Balaban J connectivity index is 1.83. The standard InChI is InChI=1S/C20H30N2O3/c1-12(10-16(23)13(2)21-5)19(24)22-18-15-9-7-6-8-14(15)11-17(18)25-20(22,3)4/h6-9,12-13,16-18,21,23H,10-11H2,1-5H3. The number of likely N-dealkylation sites (N-methyl/N-ethyl adjacent to an activating group) is 1. The van der Waals surface area contributed by atoms with Gasteiger partial charge < -0.3 is 20.1 Å². The number of hydrogen-bond acceptors (Lipinski definition) is 4. The van der Waals surface area contributed by atoms with Crippen LogP contribution < -0.4 is 5.32 Å². The first kappa shape index (κ1) is 18.4. The van der Waals surface area contributed by atoms with E-state index >= 15 is 0 Å². The van der Waals surface area contributed by atoms with E-state index in [9.17, 15) is 9.90 Å². The van der Waals surface area contributed by atoms with Gasteiger partial charge in [-0.05, 0) is 45.4 Å². The topological polar surface area (TPSA) is 61.8 Å². The largest absolute Gasteiger partial charge is 0.391 e. The molecule has 0 aromatic heterocycles. The van der Waals surface area contributed by atoms with E-state index in [0.29, 0.717) is 6.42 Å². The Kier molecular flexibility index (Phi) is 4.93. The van der Waals surface area contributed by atoms with Crippen molar-refractivity contribution in [2.24, 2.45) is 5.92 Å². The molecule has 1 aliphatic carbocycles. The molecule has 1 saturated heterocycles. The second-order valence-electron chi connectivity index (χ2n) is 7.94. The molecular weight excluding hydrogens is 316 g/mol. The van der Waals surface area contributed by atoms with Gasteiger partial charge in [-0.25, -0.2) is 0 Å². The van der Waals surface area contributed by atoms with Crippen molar-refractivity contribution in [1.82, 2.24) is 10.2 Å². The minimum Gasteiger partial charge on any atom is -0.391 e. The van der Waals surface area contributed by atoms with Crippen LogP contribution >= 0.6 is 0 Å². The predicted octanol–water partition coefficient (Wildman–Crippen LogP) is 2.24. The summed E-state index contributed by atoms with van der Waals surface area (Å²) in [5.74, 6) is -0.211. The first-order valence-electron chi connectivity index (χ1n) is 9.20. The Labute approximate surface area is 150 Å². The van der Waals surface area contributed by atoms with Gasteiger partial charge in [0.2, 0.25) is 5.91 Å². The van der Waals surface area contributed by atoms with Gasteiger partial charge in [0.25, 0.3) is 0 Å². The number of amides is 1. The quantitative estimate of drug-likeness (QED) is 0.858. The zero-order valence-corrected chi connectivity index (χ0v) is 15.8. The molecule has 1 fully saturated rings. The normalized spacial score (nSPS) is 27.5. The molecule has 5 atom stereocenters. The Morgan fingerprint density at radius 3 is 2.76 bits per heavy atom. The summed E-state index contributed by atoms with van der Waals surface area (Å²) in [5, 5.41) is 13.3. The maximum atomic E-state index is 13.3. The molecule has 25 heavy (non-hydrogen) atoms. The highest BCUT2D eigenvalue weighted by molar-refractivity contribution is 5.80. The van der Waals surface area contributed by atoms with Gasteiger partial charge in [0, 0.05) is 18.4 Å². The van der Waals surface area contributed by atoms with Crippen LogP contribution in [0.25, 0.3) is 0 Å². The van der Waals surface area contributed by atoms with Crippen molar-refractivity contribution in [2.75, 3.05) is 7.05 Å². The fourth-order valence-corrected chi connectivity index (χ4v) is 4.21. The van der Waals surface area contributed by atoms with E-state index in [2.05, 4.69) is 17.4 Å². The lowest BCUT2D eigenvalue weighted by molar-refractivity contribution is -0.152. The van der Waals surface area contributed by atoms with Crippen molar-refractivity contribution in [1.29, 1.82) is 0 Å². The first-order valence-corrected chi connectivity index (χ1v) is 9.20. The monoisotopic (exact) mass is 346 g/mol. The van der Waals surface area contributed by atoms with Crippen molar-refractivity contribution >= 4 is 5.91 Å². The highest BCUT2D eigenvalue weighted by Crippen LogP contribution is 2.48. The molecule has 1 aromatic rings. The predicted molar refractivity (Wildman–Crippen MR) is 97.0 cm³/mol. The highest BCUT2D eigenvalue weighted by Gasteiger charge is 2.54. The summed E-state index contributed by atoms with van der Waals surface area (Å²) in [5.41, 5.74) is 1.83. The molecule has 0 radical (unpaired) electrons. The van der Waals surface area contributed by atoms with Gasteiger partial charge in [-0.2, -0.15) is 0 Å². The number of hydrogen-bond donors (Lipinski definition) is 2. The third kappa shape index (κ3) is 3.21. The van der Waals surface area contributed by atoms with Crippen LogP contribution in [0.15, 0.2) is 24.3 Å². The molecule has 2 aliphatic rings. The zero-order valence-electron chi connectivity index (χ0n) is 15.8. The Morgan fingerprint density at radius 2 is 2.08 bits per heavy atom. The van der Waals surface area contributed by atoms with E-state index in [0.717, 1.165) is 6.42 Å². The SMILES string of the molecule is CNC(C)C(O)CC(C)C(=O)N1C2c3ccccc3CC2OC1(C)C. The molecule has 1 aliphatic heterocycles.